The number of rotatable bonds is 4. The molecule has 0 aliphatic heterocycles. The molecule has 0 aliphatic rings. The van der Waals surface area contributed by atoms with Crippen LogP contribution in [0.1, 0.15) is 11.3 Å². The monoisotopic (exact) mass is 487 g/mol. The van der Waals surface area contributed by atoms with Gasteiger partial charge in [-0.25, -0.2) is 4.98 Å². The van der Waals surface area contributed by atoms with Gasteiger partial charge >= 0.3 is 0 Å². The number of aromatic amines is 1. The quantitative estimate of drug-likeness (QED) is 0.332. The van der Waals surface area contributed by atoms with Gasteiger partial charge < -0.3 is 15.3 Å². The minimum Gasteiger partial charge on any atom is -0.507 e. The number of aromatic hydroxyl groups is 1. The molecule has 0 unspecified atom stereocenters. The number of aryl methyl sites for hydroxylation is 2. The zero-order chi connectivity index (χ0) is 19.3. The first-order valence-corrected chi connectivity index (χ1v) is 9.58. The third-order valence-corrected chi connectivity index (χ3v) is 5.37. The summed E-state index contributed by atoms with van der Waals surface area (Å²) in [5.74, 6) is 1.48. The average molecular weight is 487 g/mol. The van der Waals surface area contributed by atoms with E-state index in [0.717, 1.165) is 26.6 Å². The van der Waals surface area contributed by atoms with Crippen molar-refractivity contribution >= 4 is 45.2 Å². The number of H-pyrrole nitrogens is 1. The van der Waals surface area contributed by atoms with Gasteiger partial charge in [0.15, 0.2) is 17.1 Å². The van der Waals surface area contributed by atoms with Gasteiger partial charge in [-0.2, -0.15) is 14.6 Å². The zero-order valence-electron chi connectivity index (χ0n) is 14.4. The molecule has 4 N–H and O–H groups in total. The Hall–Kier alpha value is -3.15. The molecule has 1 aromatic carbocycles. The summed E-state index contributed by atoms with van der Waals surface area (Å²) in [6.45, 7) is 0. The molecule has 4 heterocycles. The number of halogens is 1. The molecule has 9 nitrogen and oxygen atoms in total. The maximum absolute atomic E-state index is 9.69. The van der Waals surface area contributed by atoms with Crippen LogP contribution in [-0.2, 0) is 12.8 Å². The van der Waals surface area contributed by atoms with Crippen molar-refractivity contribution in [2.45, 2.75) is 12.8 Å². The summed E-state index contributed by atoms with van der Waals surface area (Å²) in [4.78, 5) is 8.93. The minimum atomic E-state index is 0.207. The summed E-state index contributed by atoms with van der Waals surface area (Å²) in [5, 5.41) is 22.2. The molecule has 4 aromatic heterocycles. The Bertz CT molecular complexity index is 1310. The van der Waals surface area contributed by atoms with Gasteiger partial charge in [0.05, 0.1) is 15.2 Å². The molecule has 0 saturated carbocycles. The predicted molar refractivity (Wildman–Crippen MR) is 111 cm³/mol. The van der Waals surface area contributed by atoms with Crippen LogP contribution in [0.2, 0.25) is 0 Å². The summed E-state index contributed by atoms with van der Waals surface area (Å²) in [6.07, 6.45) is 3.03. The van der Waals surface area contributed by atoms with Crippen molar-refractivity contribution in [2.75, 3.05) is 5.73 Å². The predicted octanol–water partition coefficient (Wildman–Crippen LogP) is 2.94. The van der Waals surface area contributed by atoms with E-state index in [2.05, 4.69) is 47.9 Å². The van der Waals surface area contributed by atoms with E-state index in [1.807, 2.05) is 12.1 Å². The van der Waals surface area contributed by atoms with Crippen LogP contribution in [0, 0.1) is 3.57 Å². The number of nitrogens with zero attached hydrogens (tertiary/aromatic N) is 5. The van der Waals surface area contributed by atoms with Crippen molar-refractivity contribution in [3.8, 4) is 17.3 Å². The lowest BCUT2D eigenvalue weighted by Crippen LogP contribution is -2.03. The molecule has 0 amide bonds. The summed E-state index contributed by atoms with van der Waals surface area (Å²) in [5.41, 5.74) is 9.12. The maximum Gasteiger partial charge on any atom is 0.225 e. The number of aromatic nitrogens is 6. The maximum atomic E-state index is 9.69. The highest BCUT2D eigenvalue weighted by Gasteiger charge is 2.19. The Kier molecular flexibility index (Phi) is 3.93. The lowest BCUT2D eigenvalue weighted by Gasteiger charge is -2.04. The van der Waals surface area contributed by atoms with Crippen LogP contribution in [0.5, 0.6) is 5.75 Å². The molecule has 0 atom stereocenters. The molecule has 5 rings (SSSR count). The van der Waals surface area contributed by atoms with E-state index in [0.29, 0.717) is 29.3 Å². The first-order valence-electron chi connectivity index (χ1n) is 8.50. The summed E-state index contributed by atoms with van der Waals surface area (Å²) in [6, 6.07) is 9.15. The van der Waals surface area contributed by atoms with Crippen molar-refractivity contribution in [3.05, 3.63) is 51.4 Å². The first-order chi connectivity index (χ1) is 13.6. The van der Waals surface area contributed by atoms with Crippen molar-refractivity contribution in [1.82, 2.24) is 29.8 Å². The number of nitrogen functional groups attached to an aromatic ring is 1. The molecule has 0 radical (unpaired) electrons. The lowest BCUT2D eigenvalue weighted by molar-refractivity contribution is 0.471. The van der Waals surface area contributed by atoms with Gasteiger partial charge in [0.1, 0.15) is 5.75 Å². The number of anilines is 1. The molecular weight excluding hydrogens is 473 g/mol. The number of nitrogens with two attached hydrogens (primary N) is 1. The summed E-state index contributed by atoms with van der Waals surface area (Å²) >= 11 is 2.12. The van der Waals surface area contributed by atoms with Gasteiger partial charge in [-0.3, -0.25) is 5.10 Å². The largest absolute Gasteiger partial charge is 0.507 e. The molecule has 28 heavy (non-hydrogen) atoms. The highest BCUT2D eigenvalue weighted by atomic mass is 127. The second-order valence-corrected chi connectivity index (χ2v) is 7.47. The number of hydrogen-bond acceptors (Lipinski definition) is 7. The van der Waals surface area contributed by atoms with E-state index >= 15 is 0 Å². The standard InChI is InChI=1S/C18H14IN7O2/c19-10-8-9(4-6-12(10)27)3-5-11-14-16(24-23-11)22-18(20)26-17(14)21-15(25-26)13-2-1-7-28-13/h1-2,4,6-8,27H,3,5H2,(H3,20,22,23,24). The van der Waals surface area contributed by atoms with Crippen LogP contribution >= 0.6 is 22.6 Å². The first kappa shape index (κ1) is 17.0. The van der Waals surface area contributed by atoms with Gasteiger partial charge in [0, 0.05) is 5.69 Å². The smallest absolute Gasteiger partial charge is 0.225 e. The molecule has 5 aromatic rings. The van der Waals surface area contributed by atoms with Gasteiger partial charge in [-0.15, -0.1) is 5.10 Å². The van der Waals surface area contributed by atoms with Gasteiger partial charge in [0.2, 0.25) is 11.8 Å². The number of nitrogens with one attached hydrogen (secondary N) is 1. The van der Waals surface area contributed by atoms with Crippen molar-refractivity contribution in [2.24, 2.45) is 0 Å². The van der Waals surface area contributed by atoms with Crippen LogP contribution in [0.4, 0.5) is 5.95 Å². The minimum absolute atomic E-state index is 0.207. The number of phenolic OH excluding ortho intramolecular Hbond substituents is 1. The van der Waals surface area contributed by atoms with E-state index in [1.165, 1.54) is 4.52 Å². The molecule has 10 heteroatoms. The highest BCUT2D eigenvalue weighted by molar-refractivity contribution is 14.1. The SMILES string of the molecule is Nc1nc2n[nH]c(CCc3ccc(O)c(I)c3)c2c2nc(-c3ccco3)nn12. The fraction of sp³-hybridized carbons (Fsp3) is 0.111. The van der Waals surface area contributed by atoms with Gasteiger partial charge in [-0.05, 0) is 65.3 Å². The highest BCUT2D eigenvalue weighted by Crippen LogP contribution is 2.26. The zero-order valence-corrected chi connectivity index (χ0v) is 16.6. The Labute approximate surface area is 171 Å². The molecule has 0 saturated heterocycles. The number of furan rings is 1. The Morgan fingerprint density at radius 1 is 1.21 bits per heavy atom. The van der Waals surface area contributed by atoms with E-state index in [4.69, 9.17) is 10.2 Å². The van der Waals surface area contributed by atoms with Crippen LogP contribution in [0.15, 0.2) is 41.0 Å². The molecule has 140 valence electrons. The number of benzene rings is 1. The fourth-order valence-electron chi connectivity index (χ4n) is 3.14. The lowest BCUT2D eigenvalue weighted by atomic mass is 10.1. The molecular formula is C18H14IN7O2. The summed E-state index contributed by atoms with van der Waals surface area (Å²) < 4.78 is 7.72. The second kappa shape index (κ2) is 6.48. The topological polar surface area (TPSA) is 131 Å². The number of fused-ring (bicyclic) bond motifs is 3. The normalized spacial score (nSPS) is 11.6. The van der Waals surface area contributed by atoms with Crippen LogP contribution in [0.25, 0.3) is 28.3 Å². The van der Waals surface area contributed by atoms with E-state index < -0.39 is 0 Å². The number of hydrogen-bond donors (Lipinski definition) is 3. The van der Waals surface area contributed by atoms with E-state index in [-0.39, 0.29) is 11.7 Å². The van der Waals surface area contributed by atoms with Gasteiger partial charge in [0.25, 0.3) is 0 Å². The van der Waals surface area contributed by atoms with Crippen molar-refractivity contribution < 1.29 is 9.52 Å². The second-order valence-electron chi connectivity index (χ2n) is 6.30. The van der Waals surface area contributed by atoms with Crippen LogP contribution in [0.3, 0.4) is 0 Å². The third kappa shape index (κ3) is 2.76. The Morgan fingerprint density at radius 2 is 2.11 bits per heavy atom. The molecule has 0 spiro atoms. The third-order valence-electron chi connectivity index (χ3n) is 4.51. The molecule has 0 fully saturated rings. The van der Waals surface area contributed by atoms with Gasteiger partial charge in [-0.1, -0.05) is 6.07 Å². The Morgan fingerprint density at radius 3 is 2.89 bits per heavy atom. The van der Waals surface area contributed by atoms with E-state index in [1.54, 1.807) is 24.5 Å². The average Bonchev–Trinajstić information content (AvgIpc) is 3.41. The Balaban J connectivity index is 1.57. The van der Waals surface area contributed by atoms with Crippen LogP contribution < -0.4 is 5.73 Å². The molecule has 0 bridgehead atoms. The fourth-order valence-corrected chi connectivity index (χ4v) is 3.72. The molecule has 0 aliphatic carbocycles. The van der Waals surface area contributed by atoms with E-state index in [9.17, 15) is 5.11 Å². The van der Waals surface area contributed by atoms with Crippen LogP contribution in [-0.4, -0.2) is 34.9 Å². The van der Waals surface area contributed by atoms with Crippen molar-refractivity contribution in [1.29, 1.82) is 0 Å². The summed E-state index contributed by atoms with van der Waals surface area (Å²) in [7, 11) is 0. The number of phenols is 1. The van der Waals surface area contributed by atoms with Crippen molar-refractivity contribution in [3.63, 3.8) is 0 Å².